The molecule has 0 spiro atoms. The first-order valence-corrected chi connectivity index (χ1v) is 7.57. The standard InChI is InChI=1S/C17H23NO2/c1-12(19)20-11-16-15(13-6-4-3-5-7-13)10-14-8-9-17(16)18(14)2/h3-7,14-17H,8-11H2,1-2H3/t14-,15+,16+,17+/m0/s1. The molecule has 0 saturated carbocycles. The van der Waals surface area contributed by atoms with E-state index in [-0.39, 0.29) is 5.97 Å². The molecular weight excluding hydrogens is 250 g/mol. The first-order chi connectivity index (χ1) is 9.66. The van der Waals surface area contributed by atoms with Gasteiger partial charge in [0.15, 0.2) is 0 Å². The number of benzene rings is 1. The fourth-order valence-electron chi connectivity index (χ4n) is 4.10. The van der Waals surface area contributed by atoms with Crippen molar-refractivity contribution in [3.05, 3.63) is 35.9 Å². The van der Waals surface area contributed by atoms with Crippen LogP contribution in [0, 0.1) is 5.92 Å². The van der Waals surface area contributed by atoms with Gasteiger partial charge < -0.3 is 9.64 Å². The van der Waals surface area contributed by atoms with Gasteiger partial charge in [0.25, 0.3) is 0 Å². The van der Waals surface area contributed by atoms with E-state index in [1.165, 1.54) is 31.7 Å². The molecule has 1 aromatic rings. The molecular formula is C17H23NO2. The minimum absolute atomic E-state index is 0.167. The molecule has 20 heavy (non-hydrogen) atoms. The van der Waals surface area contributed by atoms with Gasteiger partial charge in [0.05, 0.1) is 6.61 Å². The van der Waals surface area contributed by atoms with Crippen LogP contribution >= 0.6 is 0 Å². The summed E-state index contributed by atoms with van der Waals surface area (Å²) in [4.78, 5) is 13.7. The van der Waals surface area contributed by atoms with Crippen molar-refractivity contribution in [3.8, 4) is 0 Å². The lowest BCUT2D eigenvalue weighted by Gasteiger charge is -2.43. The summed E-state index contributed by atoms with van der Waals surface area (Å²) in [5.74, 6) is 0.772. The van der Waals surface area contributed by atoms with Gasteiger partial charge in [0.1, 0.15) is 0 Å². The molecule has 0 radical (unpaired) electrons. The zero-order valence-electron chi connectivity index (χ0n) is 12.3. The van der Waals surface area contributed by atoms with Crippen molar-refractivity contribution in [3.63, 3.8) is 0 Å². The molecule has 0 aromatic heterocycles. The Morgan fingerprint density at radius 3 is 2.75 bits per heavy atom. The van der Waals surface area contributed by atoms with Gasteiger partial charge in [-0.15, -0.1) is 0 Å². The predicted octanol–water partition coefficient (Wildman–Crippen LogP) is 2.82. The summed E-state index contributed by atoms with van der Waals surface area (Å²) in [6.07, 6.45) is 3.69. The zero-order valence-corrected chi connectivity index (χ0v) is 12.3. The molecule has 2 aliphatic heterocycles. The number of rotatable bonds is 3. The first kappa shape index (κ1) is 13.6. The third kappa shape index (κ3) is 2.47. The zero-order chi connectivity index (χ0) is 14.1. The molecule has 0 amide bonds. The van der Waals surface area contributed by atoms with Gasteiger partial charge in [0.2, 0.25) is 0 Å². The Morgan fingerprint density at radius 1 is 1.30 bits per heavy atom. The highest BCUT2D eigenvalue weighted by atomic mass is 16.5. The normalized spacial score (nSPS) is 33.1. The van der Waals surface area contributed by atoms with E-state index in [1.54, 1.807) is 0 Å². The molecule has 108 valence electrons. The summed E-state index contributed by atoms with van der Waals surface area (Å²) in [5, 5.41) is 0. The number of fused-ring (bicyclic) bond motifs is 2. The van der Waals surface area contributed by atoms with Crippen LogP contribution in [0.1, 0.15) is 37.7 Å². The molecule has 2 fully saturated rings. The quantitative estimate of drug-likeness (QED) is 0.793. The third-order valence-electron chi connectivity index (χ3n) is 5.14. The number of piperidine rings is 1. The van der Waals surface area contributed by atoms with E-state index >= 15 is 0 Å². The largest absolute Gasteiger partial charge is 0.465 e. The summed E-state index contributed by atoms with van der Waals surface area (Å²) >= 11 is 0. The molecule has 0 unspecified atom stereocenters. The SMILES string of the molecule is CC(=O)OC[C@@H]1[C@@H](c2ccccc2)C[C@@H]2CC[C@H]1N2C. The average Bonchev–Trinajstić information content (AvgIpc) is 2.70. The van der Waals surface area contributed by atoms with Gasteiger partial charge in [-0.05, 0) is 37.8 Å². The Kier molecular flexibility index (Phi) is 3.79. The van der Waals surface area contributed by atoms with E-state index in [2.05, 4.69) is 42.3 Å². The molecule has 0 N–H and O–H groups in total. The molecule has 3 heteroatoms. The van der Waals surface area contributed by atoms with Crippen molar-refractivity contribution in [2.24, 2.45) is 5.92 Å². The van der Waals surface area contributed by atoms with Crippen LogP contribution in [0.25, 0.3) is 0 Å². The van der Waals surface area contributed by atoms with E-state index in [0.717, 1.165) is 0 Å². The number of ether oxygens (including phenoxy) is 1. The maximum absolute atomic E-state index is 11.2. The highest BCUT2D eigenvalue weighted by Gasteiger charge is 2.46. The maximum Gasteiger partial charge on any atom is 0.302 e. The van der Waals surface area contributed by atoms with Crippen LogP contribution in [-0.2, 0) is 9.53 Å². The van der Waals surface area contributed by atoms with Crippen LogP contribution in [0.4, 0.5) is 0 Å². The van der Waals surface area contributed by atoms with Gasteiger partial charge in [-0.25, -0.2) is 0 Å². The number of hydrogen-bond donors (Lipinski definition) is 0. The second kappa shape index (κ2) is 5.57. The molecule has 0 aliphatic carbocycles. The first-order valence-electron chi connectivity index (χ1n) is 7.57. The fraction of sp³-hybridized carbons (Fsp3) is 0.588. The molecule has 3 rings (SSSR count). The monoisotopic (exact) mass is 273 g/mol. The van der Waals surface area contributed by atoms with E-state index in [1.807, 2.05) is 0 Å². The van der Waals surface area contributed by atoms with Crippen molar-refractivity contribution in [2.45, 2.75) is 44.2 Å². The third-order valence-corrected chi connectivity index (χ3v) is 5.14. The lowest BCUT2D eigenvalue weighted by molar-refractivity contribution is -0.143. The van der Waals surface area contributed by atoms with E-state index in [4.69, 9.17) is 4.74 Å². The average molecular weight is 273 g/mol. The summed E-state index contributed by atoms with van der Waals surface area (Å²) in [7, 11) is 2.23. The van der Waals surface area contributed by atoms with Gasteiger partial charge in [-0.3, -0.25) is 4.79 Å². The van der Waals surface area contributed by atoms with Crippen LogP contribution in [0.15, 0.2) is 30.3 Å². The smallest absolute Gasteiger partial charge is 0.302 e. The number of carbonyl (C=O) groups excluding carboxylic acids is 1. The molecule has 2 bridgehead atoms. The molecule has 2 aliphatic rings. The topological polar surface area (TPSA) is 29.5 Å². The van der Waals surface area contributed by atoms with Crippen molar-refractivity contribution in [1.29, 1.82) is 0 Å². The molecule has 4 atom stereocenters. The summed E-state index contributed by atoms with van der Waals surface area (Å²) in [6.45, 7) is 2.05. The van der Waals surface area contributed by atoms with Crippen molar-refractivity contribution in [1.82, 2.24) is 4.90 Å². The Hall–Kier alpha value is -1.35. The highest BCUT2D eigenvalue weighted by Crippen LogP contribution is 2.46. The maximum atomic E-state index is 11.2. The van der Waals surface area contributed by atoms with E-state index in [9.17, 15) is 4.79 Å². The Labute approximate surface area is 120 Å². The highest BCUT2D eigenvalue weighted by molar-refractivity contribution is 5.65. The molecule has 1 aromatic carbocycles. The Balaban J connectivity index is 1.84. The van der Waals surface area contributed by atoms with E-state index in [0.29, 0.717) is 30.5 Å². The Bertz CT molecular complexity index is 473. The summed E-state index contributed by atoms with van der Waals surface area (Å²) in [5.41, 5.74) is 1.40. The predicted molar refractivity (Wildman–Crippen MR) is 78.5 cm³/mol. The number of carbonyl (C=O) groups is 1. The summed E-state index contributed by atoms with van der Waals surface area (Å²) < 4.78 is 5.37. The van der Waals surface area contributed by atoms with Crippen LogP contribution in [0.2, 0.25) is 0 Å². The minimum atomic E-state index is -0.167. The minimum Gasteiger partial charge on any atom is -0.465 e. The van der Waals surface area contributed by atoms with Gasteiger partial charge >= 0.3 is 5.97 Å². The molecule has 3 nitrogen and oxygen atoms in total. The number of esters is 1. The van der Waals surface area contributed by atoms with Gasteiger partial charge in [0, 0.05) is 24.9 Å². The van der Waals surface area contributed by atoms with Crippen LogP contribution in [0.5, 0.6) is 0 Å². The fourth-order valence-corrected chi connectivity index (χ4v) is 4.10. The van der Waals surface area contributed by atoms with Crippen molar-refractivity contribution in [2.75, 3.05) is 13.7 Å². The summed E-state index contributed by atoms with van der Waals surface area (Å²) in [6, 6.07) is 12.0. The molecule has 2 saturated heterocycles. The van der Waals surface area contributed by atoms with Gasteiger partial charge in [-0.2, -0.15) is 0 Å². The second-order valence-electron chi connectivity index (χ2n) is 6.18. The lowest BCUT2D eigenvalue weighted by atomic mass is 9.76. The van der Waals surface area contributed by atoms with E-state index < -0.39 is 0 Å². The van der Waals surface area contributed by atoms with Gasteiger partial charge in [-0.1, -0.05) is 30.3 Å². The Morgan fingerprint density at radius 2 is 2.05 bits per heavy atom. The van der Waals surface area contributed by atoms with Crippen molar-refractivity contribution >= 4 is 5.97 Å². The van der Waals surface area contributed by atoms with Crippen LogP contribution < -0.4 is 0 Å². The van der Waals surface area contributed by atoms with Crippen molar-refractivity contribution < 1.29 is 9.53 Å². The van der Waals surface area contributed by atoms with Crippen LogP contribution in [-0.4, -0.2) is 36.6 Å². The molecule has 2 heterocycles. The van der Waals surface area contributed by atoms with Crippen LogP contribution in [0.3, 0.4) is 0 Å². The lowest BCUT2D eigenvalue weighted by Crippen LogP contribution is -2.47. The second-order valence-corrected chi connectivity index (χ2v) is 6.18. The number of hydrogen-bond acceptors (Lipinski definition) is 3. The number of nitrogens with zero attached hydrogens (tertiary/aromatic N) is 1.